The molecule has 1 aromatic carbocycles. The van der Waals surface area contributed by atoms with Crippen molar-refractivity contribution in [3.63, 3.8) is 0 Å². The molecule has 0 atom stereocenters. The third kappa shape index (κ3) is 5.35. The van der Waals surface area contributed by atoms with E-state index in [4.69, 9.17) is 9.47 Å². The second kappa shape index (κ2) is 9.85. The highest BCUT2D eigenvalue weighted by Crippen LogP contribution is 2.36. The molecule has 0 radical (unpaired) electrons. The molecule has 9 heteroatoms. The van der Waals surface area contributed by atoms with Gasteiger partial charge in [0.2, 0.25) is 5.16 Å². The van der Waals surface area contributed by atoms with Gasteiger partial charge in [0.25, 0.3) is 0 Å². The van der Waals surface area contributed by atoms with Crippen LogP contribution in [-0.2, 0) is 13.6 Å². The largest absolute Gasteiger partial charge is 0.493 e. The fourth-order valence-electron chi connectivity index (χ4n) is 2.10. The predicted molar refractivity (Wildman–Crippen MR) is 97.7 cm³/mol. The van der Waals surface area contributed by atoms with Gasteiger partial charge in [-0.2, -0.15) is 0 Å². The van der Waals surface area contributed by atoms with E-state index in [0.29, 0.717) is 6.61 Å². The van der Waals surface area contributed by atoms with Crippen molar-refractivity contribution in [2.75, 3.05) is 26.0 Å². The van der Waals surface area contributed by atoms with E-state index in [0.717, 1.165) is 52.0 Å². The second-order valence-electron chi connectivity index (χ2n) is 5.01. The van der Waals surface area contributed by atoms with E-state index in [9.17, 15) is 0 Å². The Labute approximate surface area is 154 Å². The van der Waals surface area contributed by atoms with E-state index in [2.05, 4.69) is 42.8 Å². The van der Waals surface area contributed by atoms with Crippen LogP contribution in [0.1, 0.15) is 18.9 Å². The van der Waals surface area contributed by atoms with Crippen LogP contribution in [0.15, 0.2) is 21.8 Å². The van der Waals surface area contributed by atoms with Gasteiger partial charge in [-0.3, -0.25) is 0 Å². The number of ether oxygens (including phenoxy) is 2. The number of nitrogens with zero attached hydrogens (tertiary/aromatic N) is 4. The number of nitrogens with one attached hydrogen (secondary N) is 1. The zero-order valence-electron chi connectivity index (χ0n) is 14.1. The fourth-order valence-corrected chi connectivity index (χ4v) is 3.49. The molecule has 132 valence electrons. The lowest BCUT2D eigenvalue weighted by atomic mass is 10.2. The molecular formula is C15H22BrN5O2S. The summed E-state index contributed by atoms with van der Waals surface area (Å²) in [6.45, 7) is 4.25. The maximum absolute atomic E-state index is 5.60. The maximum Gasteiger partial charge on any atom is 0.209 e. The molecule has 0 unspecified atom stereocenters. The van der Waals surface area contributed by atoms with Crippen LogP contribution in [0.25, 0.3) is 0 Å². The molecule has 0 aliphatic carbocycles. The van der Waals surface area contributed by atoms with Crippen molar-refractivity contribution in [3.8, 4) is 11.5 Å². The molecule has 1 heterocycles. The third-order valence-electron chi connectivity index (χ3n) is 3.22. The second-order valence-corrected chi connectivity index (χ2v) is 6.92. The molecule has 7 nitrogen and oxygen atoms in total. The highest BCUT2D eigenvalue weighted by Gasteiger charge is 2.11. The fraction of sp³-hybridized carbons (Fsp3) is 0.533. The number of aryl methyl sites for hydroxylation is 1. The number of aromatic nitrogens is 4. The summed E-state index contributed by atoms with van der Waals surface area (Å²) in [5.41, 5.74) is 1.15. The van der Waals surface area contributed by atoms with E-state index in [1.807, 2.05) is 20.0 Å². The van der Waals surface area contributed by atoms with E-state index in [1.54, 1.807) is 23.6 Å². The molecule has 0 amide bonds. The SMILES string of the molecule is CCOc1c(Br)cc(CNCCCSc2nnnn2C)cc1OC. The van der Waals surface area contributed by atoms with Crippen molar-refractivity contribution in [2.24, 2.45) is 7.05 Å². The van der Waals surface area contributed by atoms with Gasteiger partial charge in [-0.1, -0.05) is 11.8 Å². The standard InChI is InChI=1S/C15H22BrN5O2S/c1-4-23-14-12(16)8-11(9-13(14)22-3)10-17-6-5-7-24-15-18-19-20-21(15)2/h8-9,17H,4-7,10H2,1-3H3. The number of tetrazole rings is 1. The Bertz CT molecular complexity index is 653. The first-order chi connectivity index (χ1) is 11.7. The van der Waals surface area contributed by atoms with Crippen LogP contribution >= 0.6 is 27.7 Å². The lowest BCUT2D eigenvalue weighted by Gasteiger charge is -2.13. The average Bonchev–Trinajstić information content (AvgIpc) is 2.98. The summed E-state index contributed by atoms with van der Waals surface area (Å²) < 4.78 is 13.6. The molecule has 2 rings (SSSR count). The Balaban J connectivity index is 1.76. The summed E-state index contributed by atoms with van der Waals surface area (Å²) >= 11 is 5.20. The minimum Gasteiger partial charge on any atom is -0.493 e. The van der Waals surface area contributed by atoms with Gasteiger partial charge in [0.05, 0.1) is 18.2 Å². The van der Waals surface area contributed by atoms with Crippen LogP contribution in [0.5, 0.6) is 11.5 Å². The van der Waals surface area contributed by atoms with Crippen LogP contribution in [0.2, 0.25) is 0 Å². The van der Waals surface area contributed by atoms with Crippen molar-refractivity contribution >= 4 is 27.7 Å². The van der Waals surface area contributed by atoms with Crippen molar-refractivity contribution in [2.45, 2.75) is 25.0 Å². The first-order valence-electron chi connectivity index (χ1n) is 7.70. The number of benzene rings is 1. The first kappa shape index (κ1) is 19.0. The minimum atomic E-state index is 0.602. The minimum absolute atomic E-state index is 0.602. The molecule has 0 aliphatic heterocycles. The molecular weight excluding hydrogens is 394 g/mol. The average molecular weight is 416 g/mol. The molecule has 0 saturated carbocycles. The topological polar surface area (TPSA) is 74.1 Å². The van der Waals surface area contributed by atoms with Gasteiger partial charge >= 0.3 is 0 Å². The lowest BCUT2D eigenvalue weighted by Crippen LogP contribution is -2.15. The number of rotatable bonds is 10. The lowest BCUT2D eigenvalue weighted by molar-refractivity contribution is 0.308. The smallest absolute Gasteiger partial charge is 0.209 e. The van der Waals surface area contributed by atoms with Gasteiger partial charge in [0, 0.05) is 19.3 Å². The van der Waals surface area contributed by atoms with E-state index < -0.39 is 0 Å². The normalized spacial score (nSPS) is 10.8. The summed E-state index contributed by atoms with van der Waals surface area (Å²) in [4.78, 5) is 0. The number of hydrogen-bond donors (Lipinski definition) is 1. The molecule has 0 saturated heterocycles. The number of methoxy groups -OCH3 is 1. The zero-order chi connectivity index (χ0) is 17.4. The highest BCUT2D eigenvalue weighted by atomic mass is 79.9. The van der Waals surface area contributed by atoms with E-state index in [-0.39, 0.29) is 0 Å². The monoisotopic (exact) mass is 415 g/mol. The molecule has 0 aliphatic rings. The Kier molecular flexibility index (Phi) is 7.80. The molecule has 24 heavy (non-hydrogen) atoms. The van der Waals surface area contributed by atoms with Gasteiger partial charge in [-0.05, 0) is 63.9 Å². The van der Waals surface area contributed by atoms with Crippen LogP contribution in [0.3, 0.4) is 0 Å². The Morgan fingerprint density at radius 3 is 2.88 bits per heavy atom. The number of halogens is 1. The summed E-state index contributed by atoms with van der Waals surface area (Å²) in [7, 11) is 3.50. The van der Waals surface area contributed by atoms with Gasteiger partial charge in [-0.25, -0.2) is 4.68 Å². The van der Waals surface area contributed by atoms with Crippen LogP contribution in [0.4, 0.5) is 0 Å². The number of hydrogen-bond acceptors (Lipinski definition) is 7. The van der Waals surface area contributed by atoms with Crippen LogP contribution in [-0.4, -0.2) is 46.2 Å². The molecule has 1 aromatic heterocycles. The van der Waals surface area contributed by atoms with Crippen molar-refractivity contribution in [3.05, 3.63) is 22.2 Å². The van der Waals surface area contributed by atoms with E-state index in [1.165, 1.54) is 0 Å². The van der Waals surface area contributed by atoms with Crippen molar-refractivity contribution in [1.82, 2.24) is 25.5 Å². The molecule has 1 N–H and O–H groups in total. The van der Waals surface area contributed by atoms with Gasteiger partial charge in [0.1, 0.15) is 0 Å². The van der Waals surface area contributed by atoms with E-state index >= 15 is 0 Å². The van der Waals surface area contributed by atoms with Gasteiger partial charge < -0.3 is 14.8 Å². The molecule has 0 bridgehead atoms. The molecule has 0 fully saturated rings. The first-order valence-corrected chi connectivity index (χ1v) is 9.48. The maximum atomic E-state index is 5.60. The highest BCUT2D eigenvalue weighted by molar-refractivity contribution is 9.10. The molecule has 2 aromatic rings. The zero-order valence-corrected chi connectivity index (χ0v) is 16.5. The van der Waals surface area contributed by atoms with Gasteiger partial charge in [-0.15, -0.1) is 5.10 Å². The third-order valence-corrected chi connectivity index (χ3v) is 4.90. The van der Waals surface area contributed by atoms with Gasteiger partial charge in [0.15, 0.2) is 11.5 Å². The summed E-state index contributed by atoms with van der Waals surface area (Å²) in [6.07, 6.45) is 1.03. The summed E-state index contributed by atoms with van der Waals surface area (Å²) in [5, 5.41) is 15.7. The van der Waals surface area contributed by atoms with Crippen LogP contribution < -0.4 is 14.8 Å². The van der Waals surface area contributed by atoms with Crippen molar-refractivity contribution < 1.29 is 9.47 Å². The van der Waals surface area contributed by atoms with Crippen LogP contribution in [0, 0.1) is 0 Å². The number of thioether (sulfide) groups is 1. The quantitative estimate of drug-likeness (QED) is 0.472. The summed E-state index contributed by atoms with van der Waals surface area (Å²) in [6, 6.07) is 4.06. The Morgan fingerprint density at radius 1 is 1.38 bits per heavy atom. The molecule has 0 spiro atoms. The predicted octanol–water partition coefficient (Wildman–Crippen LogP) is 2.65. The summed E-state index contributed by atoms with van der Waals surface area (Å²) in [5.74, 6) is 2.46. The Morgan fingerprint density at radius 2 is 2.21 bits per heavy atom. The Hall–Kier alpha value is -1.32. The van der Waals surface area contributed by atoms with Crippen molar-refractivity contribution in [1.29, 1.82) is 0 Å².